The zero-order valence-electron chi connectivity index (χ0n) is 17.6. The first-order valence-corrected chi connectivity index (χ1v) is 10.7. The van der Waals surface area contributed by atoms with E-state index in [-0.39, 0.29) is 38.6 Å². The second-order valence-electron chi connectivity index (χ2n) is 7.29. The number of anilines is 1. The SMILES string of the molecule is O=C(NC(=Nc1cc(C(F)(F)F)[nH]c1CC(O)CO)Nc1cc(F)cc(Cl)c1)c1cccc(Cl)c1. The third-order valence-electron chi connectivity index (χ3n) is 4.51. The van der Waals surface area contributed by atoms with Gasteiger partial charge >= 0.3 is 6.18 Å². The molecule has 1 heterocycles. The first-order valence-electron chi connectivity index (χ1n) is 9.91. The fourth-order valence-electron chi connectivity index (χ4n) is 2.97. The van der Waals surface area contributed by atoms with E-state index in [9.17, 15) is 27.5 Å². The highest BCUT2D eigenvalue weighted by Crippen LogP contribution is 2.34. The number of aromatic nitrogens is 1. The molecule has 1 aromatic heterocycles. The van der Waals surface area contributed by atoms with Gasteiger partial charge in [0.1, 0.15) is 11.5 Å². The molecule has 35 heavy (non-hydrogen) atoms. The van der Waals surface area contributed by atoms with Crippen LogP contribution in [0.4, 0.5) is 28.9 Å². The summed E-state index contributed by atoms with van der Waals surface area (Å²) in [6.45, 7) is -0.706. The number of carbonyl (C=O) groups excluding carboxylic acids is 1. The second-order valence-corrected chi connectivity index (χ2v) is 8.17. The van der Waals surface area contributed by atoms with Crippen LogP contribution in [-0.4, -0.2) is 39.8 Å². The maximum absolute atomic E-state index is 13.8. The summed E-state index contributed by atoms with van der Waals surface area (Å²) in [4.78, 5) is 18.9. The highest BCUT2D eigenvalue weighted by atomic mass is 35.5. The lowest BCUT2D eigenvalue weighted by molar-refractivity contribution is -0.140. The molecule has 1 unspecified atom stereocenters. The van der Waals surface area contributed by atoms with E-state index in [2.05, 4.69) is 20.6 Å². The Bertz CT molecular complexity index is 1230. The Morgan fingerprint density at radius 1 is 1.11 bits per heavy atom. The Morgan fingerprint density at radius 2 is 1.86 bits per heavy atom. The highest BCUT2D eigenvalue weighted by Gasteiger charge is 2.34. The first kappa shape index (κ1) is 26.5. The molecule has 0 aliphatic carbocycles. The summed E-state index contributed by atoms with van der Waals surface area (Å²) in [6, 6.07) is 9.90. The molecule has 0 fully saturated rings. The van der Waals surface area contributed by atoms with Crippen LogP contribution in [0.3, 0.4) is 0 Å². The molecule has 0 spiro atoms. The summed E-state index contributed by atoms with van der Waals surface area (Å²) in [5.74, 6) is -1.80. The number of guanidine groups is 1. The van der Waals surface area contributed by atoms with Crippen molar-refractivity contribution in [3.05, 3.63) is 81.3 Å². The van der Waals surface area contributed by atoms with Crippen molar-refractivity contribution < 1.29 is 32.6 Å². The summed E-state index contributed by atoms with van der Waals surface area (Å²) in [7, 11) is 0. The molecule has 1 atom stereocenters. The average Bonchev–Trinajstić information content (AvgIpc) is 3.15. The largest absolute Gasteiger partial charge is 0.431 e. The molecule has 13 heteroatoms. The smallest absolute Gasteiger partial charge is 0.394 e. The number of amides is 1. The summed E-state index contributed by atoms with van der Waals surface area (Å²) in [5.41, 5.74) is -1.45. The van der Waals surface area contributed by atoms with Crippen LogP contribution in [0.15, 0.2) is 53.5 Å². The molecule has 3 rings (SSSR count). The van der Waals surface area contributed by atoms with Gasteiger partial charge in [-0.1, -0.05) is 29.3 Å². The van der Waals surface area contributed by atoms with E-state index in [1.165, 1.54) is 30.3 Å². The van der Waals surface area contributed by atoms with Gasteiger partial charge in [0.15, 0.2) is 0 Å². The Kier molecular flexibility index (Phi) is 8.39. The minimum absolute atomic E-state index is 0.0146. The van der Waals surface area contributed by atoms with E-state index < -0.39 is 42.7 Å². The third kappa shape index (κ3) is 7.43. The molecule has 0 saturated heterocycles. The number of aliphatic hydroxyl groups is 2. The minimum atomic E-state index is -4.76. The Labute approximate surface area is 206 Å². The summed E-state index contributed by atoms with van der Waals surface area (Å²) in [6.07, 6.45) is -6.53. The van der Waals surface area contributed by atoms with E-state index >= 15 is 0 Å². The van der Waals surface area contributed by atoms with E-state index in [4.69, 9.17) is 28.3 Å². The standard InChI is InChI=1S/C22H18Cl2F4N4O3/c23-12-3-1-2-11(4-12)20(35)32-21(29-15-6-13(24)5-14(25)7-15)31-18-9-19(22(26,27)28)30-17(18)8-16(34)10-33/h1-7,9,16,30,33-34H,8,10H2,(H2,29,31,32,35). The fraction of sp³-hybridized carbons (Fsp3) is 0.182. The molecule has 5 N–H and O–H groups in total. The van der Waals surface area contributed by atoms with Crippen LogP contribution in [0, 0.1) is 5.82 Å². The van der Waals surface area contributed by atoms with Crippen molar-refractivity contribution in [2.75, 3.05) is 11.9 Å². The number of aliphatic imine (C=N–C) groups is 1. The monoisotopic (exact) mass is 532 g/mol. The first-order chi connectivity index (χ1) is 16.4. The topological polar surface area (TPSA) is 110 Å². The fourth-order valence-corrected chi connectivity index (χ4v) is 3.39. The van der Waals surface area contributed by atoms with Gasteiger partial charge in [0.2, 0.25) is 5.96 Å². The number of halogens is 6. The normalized spacial score (nSPS) is 13.0. The van der Waals surface area contributed by atoms with Crippen LogP contribution in [-0.2, 0) is 12.6 Å². The summed E-state index contributed by atoms with van der Waals surface area (Å²) in [5, 5.41) is 24.2. The molecule has 2 aromatic carbocycles. The third-order valence-corrected chi connectivity index (χ3v) is 4.96. The van der Waals surface area contributed by atoms with Gasteiger partial charge in [-0.15, -0.1) is 0 Å². The molecular formula is C22H18Cl2F4N4O3. The van der Waals surface area contributed by atoms with Gasteiger partial charge in [0, 0.05) is 33.4 Å². The van der Waals surface area contributed by atoms with Gasteiger partial charge in [0.25, 0.3) is 5.91 Å². The van der Waals surface area contributed by atoms with Crippen LogP contribution in [0.1, 0.15) is 21.7 Å². The van der Waals surface area contributed by atoms with Crippen molar-refractivity contribution in [1.29, 1.82) is 0 Å². The van der Waals surface area contributed by atoms with Gasteiger partial charge in [-0.05, 0) is 42.5 Å². The van der Waals surface area contributed by atoms with Crippen LogP contribution in [0.2, 0.25) is 10.0 Å². The van der Waals surface area contributed by atoms with E-state index in [0.717, 1.165) is 12.1 Å². The lowest BCUT2D eigenvalue weighted by Crippen LogP contribution is -2.35. The van der Waals surface area contributed by atoms with Crippen molar-refractivity contribution in [3.8, 4) is 0 Å². The number of hydrogen-bond donors (Lipinski definition) is 5. The highest BCUT2D eigenvalue weighted by molar-refractivity contribution is 6.31. The number of aromatic amines is 1. The molecular weight excluding hydrogens is 515 g/mol. The molecule has 3 aromatic rings. The number of rotatable bonds is 6. The molecule has 0 bridgehead atoms. The number of carbonyl (C=O) groups is 1. The number of alkyl halides is 3. The van der Waals surface area contributed by atoms with Crippen molar-refractivity contribution in [1.82, 2.24) is 10.3 Å². The van der Waals surface area contributed by atoms with Gasteiger partial charge in [0.05, 0.1) is 18.4 Å². The summed E-state index contributed by atoms with van der Waals surface area (Å²) >= 11 is 11.8. The molecule has 0 aliphatic heterocycles. The maximum atomic E-state index is 13.8. The van der Waals surface area contributed by atoms with E-state index in [1.54, 1.807) is 0 Å². The molecule has 0 aliphatic rings. The van der Waals surface area contributed by atoms with Crippen molar-refractivity contribution in [3.63, 3.8) is 0 Å². The average molecular weight is 533 g/mol. The number of H-pyrrole nitrogens is 1. The van der Waals surface area contributed by atoms with Crippen molar-refractivity contribution >= 4 is 46.4 Å². The quantitative estimate of drug-likeness (QED) is 0.176. The zero-order valence-corrected chi connectivity index (χ0v) is 19.1. The van der Waals surface area contributed by atoms with Crippen LogP contribution in [0.25, 0.3) is 0 Å². The van der Waals surface area contributed by atoms with Crippen molar-refractivity contribution in [2.24, 2.45) is 4.99 Å². The minimum Gasteiger partial charge on any atom is -0.394 e. The van der Waals surface area contributed by atoms with Crippen molar-refractivity contribution in [2.45, 2.75) is 18.7 Å². The van der Waals surface area contributed by atoms with Crippen LogP contribution >= 0.6 is 23.2 Å². The Hall–Kier alpha value is -3.12. The maximum Gasteiger partial charge on any atom is 0.431 e. The molecule has 7 nitrogen and oxygen atoms in total. The molecule has 0 saturated carbocycles. The van der Waals surface area contributed by atoms with Gasteiger partial charge < -0.3 is 20.5 Å². The second kappa shape index (κ2) is 11.1. The molecule has 0 radical (unpaired) electrons. The lowest BCUT2D eigenvalue weighted by atomic mass is 10.2. The van der Waals surface area contributed by atoms with Crippen LogP contribution < -0.4 is 10.6 Å². The van der Waals surface area contributed by atoms with Crippen LogP contribution in [0.5, 0.6) is 0 Å². The number of hydrogen-bond acceptors (Lipinski definition) is 4. The number of nitrogens with one attached hydrogen (secondary N) is 3. The van der Waals surface area contributed by atoms with Gasteiger partial charge in [-0.3, -0.25) is 10.1 Å². The number of nitrogens with zero attached hydrogens (tertiary/aromatic N) is 1. The predicted octanol–water partition coefficient (Wildman–Crippen LogP) is 4.90. The van der Waals surface area contributed by atoms with E-state index in [0.29, 0.717) is 6.07 Å². The number of benzene rings is 2. The summed E-state index contributed by atoms with van der Waals surface area (Å²) < 4.78 is 53.7. The van der Waals surface area contributed by atoms with E-state index in [1.807, 2.05) is 0 Å². The molecule has 1 amide bonds. The van der Waals surface area contributed by atoms with Gasteiger partial charge in [-0.25, -0.2) is 9.38 Å². The Morgan fingerprint density at radius 3 is 2.49 bits per heavy atom. The Balaban J connectivity index is 2.05. The zero-order chi connectivity index (χ0) is 25.8. The van der Waals surface area contributed by atoms with Gasteiger partial charge in [-0.2, -0.15) is 13.2 Å². The number of aliphatic hydroxyl groups excluding tert-OH is 2. The predicted molar refractivity (Wildman–Crippen MR) is 124 cm³/mol. The molecule has 186 valence electrons. The lowest BCUT2D eigenvalue weighted by Gasteiger charge is -2.13.